The van der Waals surface area contributed by atoms with Gasteiger partial charge in [0.05, 0.1) is 6.10 Å². The smallest absolute Gasteiger partial charge is 0.0636 e. The van der Waals surface area contributed by atoms with E-state index in [2.05, 4.69) is 45.0 Å². The molecule has 0 amide bonds. The lowest BCUT2D eigenvalue weighted by molar-refractivity contribution is 0.161. The molecule has 0 radical (unpaired) electrons. The third-order valence-corrected chi connectivity index (χ3v) is 4.61. The van der Waals surface area contributed by atoms with Crippen LogP contribution in [0.4, 0.5) is 0 Å². The molecule has 0 aliphatic carbocycles. The lowest BCUT2D eigenvalue weighted by Gasteiger charge is -2.17. The van der Waals surface area contributed by atoms with E-state index in [0.29, 0.717) is 5.92 Å². The van der Waals surface area contributed by atoms with E-state index in [1.54, 1.807) is 11.8 Å². The molecule has 1 aromatic rings. The quantitative estimate of drug-likeness (QED) is 0.731. The number of benzene rings is 1. The molecule has 1 nitrogen and oxygen atoms in total. The summed E-state index contributed by atoms with van der Waals surface area (Å²) in [5.41, 5.74) is 1.30. The zero-order valence-corrected chi connectivity index (χ0v) is 12.0. The predicted octanol–water partition coefficient (Wildman–Crippen LogP) is 4.27. The van der Waals surface area contributed by atoms with Crippen LogP contribution in [0, 0.1) is 12.8 Å². The SMILES string of the molecule is CCC(CC)CC(O)CSc1ccccc1C. The van der Waals surface area contributed by atoms with Crippen molar-refractivity contribution >= 4 is 11.8 Å². The van der Waals surface area contributed by atoms with Crippen LogP contribution >= 0.6 is 11.8 Å². The van der Waals surface area contributed by atoms with Gasteiger partial charge in [-0.25, -0.2) is 0 Å². The van der Waals surface area contributed by atoms with Crippen LogP contribution in [0.15, 0.2) is 29.2 Å². The molecule has 1 N–H and O–H groups in total. The Morgan fingerprint density at radius 2 is 1.82 bits per heavy atom. The zero-order valence-electron chi connectivity index (χ0n) is 11.1. The van der Waals surface area contributed by atoms with Gasteiger partial charge in [-0.2, -0.15) is 0 Å². The molecule has 1 atom stereocenters. The fourth-order valence-electron chi connectivity index (χ4n) is 1.98. The molecule has 0 aliphatic rings. The molecule has 0 saturated carbocycles. The zero-order chi connectivity index (χ0) is 12.7. The molecule has 0 aliphatic heterocycles. The minimum Gasteiger partial charge on any atom is -0.392 e. The van der Waals surface area contributed by atoms with E-state index in [9.17, 15) is 5.11 Å². The summed E-state index contributed by atoms with van der Waals surface area (Å²) in [6, 6.07) is 8.36. The number of aliphatic hydroxyl groups excluding tert-OH is 1. The molecular formula is C15H24OS. The van der Waals surface area contributed by atoms with Crippen LogP contribution in [0.25, 0.3) is 0 Å². The van der Waals surface area contributed by atoms with Gasteiger partial charge >= 0.3 is 0 Å². The van der Waals surface area contributed by atoms with Gasteiger partial charge in [-0.15, -0.1) is 11.8 Å². The first-order valence-corrected chi connectivity index (χ1v) is 7.52. The van der Waals surface area contributed by atoms with E-state index >= 15 is 0 Å². The third kappa shape index (κ3) is 5.13. The lowest BCUT2D eigenvalue weighted by Crippen LogP contribution is -2.15. The van der Waals surface area contributed by atoms with Crippen LogP contribution in [-0.4, -0.2) is 17.0 Å². The van der Waals surface area contributed by atoms with Gasteiger partial charge < -0.3 is 5.11 Å². The highest BCUT2D eigenvalue weighted by Gasteiger charge is 2.12. The van der Waals surface area contributed by atoms with Gasteiger partial charge in [0.2, 0.25) is 0 Å². The van der Waals surface area contributed by atoms with Gasteiger partial charge in [0.25, 0.3) is 0 Å². The summed E-state index contributed by atoms with van der Waals surface area (Å²) < 4.78 is 0. The van der Waals surface area contributed by atoms with Crippen LogP contribution in [0.5, 0.6) is 0 Å². The standard InChI is InChI=1S/C15H24OS/c1-4-13(5-2)10-14(16)11-17-15-9-7-6-8-12(15)3/h6-9,13-14,16H,4-5,10-11H2,1-3H3. The van der Waals surface area contributed by atoms with Gasteiger partial charge in [-0.1, -0.05) is 44.9 Å². The Hall–Kier alpha value is -0.470. The molecule has 1 aromatic carbocycles. The maximum atomic E-state index is 10.0. The Kier molecular flexibility index (Phi) is 6.68. The second kappa shape index (κ2) is 7.78. The van der Waals surface area contributed by atoms with Crippen LogP contribution in [0.3, 0.4) is 0 Å². The van der Waals surface area contributed by atoms with E-state index in [1.165, 1.54) is 23.3 Å². The Bertz CT molecular complexity index is 320. The monoisotopic (exact) mass is 252 g/mol. The van der Waals surface area contributed by atoms with E-state index in [4.69, 9.17) is 0 Å². The molecule has 96 valence electrons. The van der Waals surface area contributed by atoms with Crippen LogP contribution in [0.1, 0.15) is 38.7 Å². The van der Waals surface area contributed by atoms with E-state index in [0.717, 1.165) is 12.2 Å². The van der Waals surface area contributed by atoms with Crippen molar-refractivity contribution in [1.82, 2.24) is 0 Å². The molecule has 0 aromatic heterocycles. The number of thioether (sulfide) groups is 1. The topological polar surface area (TPSA) is 20.2 Å². The molecule has 0 saturated heterocycles. The van der Waals surface area contributed by atoms with Crippen LogP contribution < -0.4 is 0 Å². The summed E-state index contributed by atoms with van der Waals surface area (Å²) in [6.45, 7) is 6.53. The summed E-state index contributed by atoms with van der Waals surface area (Å²) in [7, 11) is 0. The van der Waals surface area contributed by atoms with Crippen molar-refractivity contribution in [3.63, 3.8) is 0 Å². The van der Waals surface area contributed by atoms with Crippen molar-refractivity contribution < 1.29 is 5.11 Å². The predicted molar refractivity (Wildman–Crippen MR) is 76.6 cm³/mol. The summed E-state index contributed by atoms with van der Waals surface area (Å²) in [4.78, 5) is 1.29. The summed E-state index contributed by atoms with van der Waals surface area (Å²) in [5.74, 6) is 1.48. The Morgan fingerprint density at radius 3 is 2.41 bits per heavy atom. The highest BCUT2D eigenvalue weighted by molar-refractivity contribution is 7.99. The Morgan fingerprint density at radius 1 is 1.18 bits per heavy atom. The molecular weight excluding hydrogens is 228 g/mol. The highest BCUT2D eigenvalue weighted by Crippen LogP contribution is 2.24. The van der Waals surface area contributed by atoms with Gasteiger partial charge in [0.1, 0.15) is 0 Å². The Labute approximate surface area is 110 Å². The molecule has 1 rings (SSSR count). The number of aliphatic hydroxyl groups is 1. The summed E-state index contributed by atoms with van der Waals surface area (Å²) in [5, 5.41) is 10.0. The maximum Gasteiger partial charge on any atom is 0.0636 e. The first-order valence-electron chi connectivity index (χ1n) is 6.53. The lowest BCUT2D eigenvalue weighted by atomic mass is 9.97. The van der Waals surface area contributed by atoms with E-state index in [-0.39, 0.29) is 6.10 Å². The normalized spacial score (nSPS) is 13.0. The van der Waals surface area contributed by atoms with Crippen molar-refractivity contribution in [3.8, 4) is 0 Å². The molecule has 0 bridgehead atoms. The minimum atomic E-state index is -0.176. The van der Waals surface area contributed by atoms with Gasteiger partial charge in [-0.3, -0.25) is 0 Å². The number of rotatable bonds is 7. The second-order valence-corrected chi connectivity index (χ2v) is 5.71. The maximum absolute atomic E-state index is 10.0. The fourth-order valence-corrected chi connectivity index (χ4v) is 2.96. The molecule has 0 heterocycles. The first-order chi connectivity index (χ1) is 8.17. The first kappa shape index (κ1) is 14.6. The molecule has 17 heavy (non-hydrogen) atoms. The number of aryl methyl sites for hydroxylation is 1. The average molecular weight is 252 g/mol. The largest absolute Gasteiger partial charge is 0.392 e. The van der Waals surface area contributed by atoms with Crippen molar-refractivity contribution in [3.05, 3.63) is 29.8 Å². The number of hydrogen-bond donors (Lipinski definition) is 1. The van der Waals surface area contributed by atoms with Crippen molar-refractivity contribution in [1.29, 1.82) is 0 Å². The van der Waals surface area contributed by atoms with Crippen LogP contribution in [0.2, 0.25) is 0 Å². The van der Waals surface area contributed by atoms with Crippen molar-refractivity contribution in [2.75, 3.05) is 5.75 Å². The van der Waals surface area contributed by atoms with E-state index in [1.807, 2.05) is 0 Å². The summed E-state index contributed by atoms with van der Waals surface area (Å²) >= 11 is 1.77. The third-order valence-electron chi connectivity index (χ3n) is 3.28. The van der Waals surface area contributed by atoms with Gasteiger partial charge in [0, 0.05) is 10.6 Å². The molecule has 2 heteroatoms. The van der Waals surface area contributed by atoms with Gasteiger partial charge in [-0.05, 0) is 30.9 Å². The molecule has 1 unspecified atom stereocenters. The molecule has 0 fully saturated rings. The van der Waals surface area contributed by atoms with Crippen LogP contribution in [-0.2, 0) is 0 Å². The fraction of sp³-hybridized carbons (Fsp3) is 0.600. The van der Waals surface area contributed by atoms with E-state index < -0.39 is 0 Å². The van der Waals surface area contributed by atoms with Gasteiger partial charge in [0.15, 0.2) is 0 Å². The minimum absolute atomic E-state index is 0.176. The molecule has 0 spiro atoms. The Balaban J connectivity index is 2.38. The average Bonchev–Trinajstić information content (AvgIpc) is 2.35. The highest BCUT2D eigenvalue weighted by atomic mass is 32.2. The number of hydrogen-bond acceptors (Lipinski definition) is 2. The summed E-state index contributed by atoms with van der Waals surface area (Å²) in [6.07, 6.45) is 3.10. The van der Waals surface area contributed by atoms with Crippen molar-refractivity contribution in [2.24, 2.45) is 5.92 Å². The van der Waals surface area contributed by atoms with Crippen molar-refractivity contribution in [2.45, 2.75) is 51.0 Å². The second-order valence-electron chi connectivity index (χ2n) is 4.65.